The molecule has 0 saturated carbocycles. The predicted octanol–water partition coefficient (Wildman–Crippen LogP) is 10.6. The van der Waals surface area contributed by atoms with Crippen LogP contribution in [0.3, 0.4) is 0 Å². The summed E-state index contributed by atoms with van der Waals surface area (Å²) in [6.07, 6.45) is 11.0. The van der Waals surface area contributed by atoms with Gasteiger partial charge in [-0.2, -0.15) is 35.4 Å². The van der Waals surface area contributed by atoms with Crippen LogP contribution in [-0.2, 0) is 41.5 Å². The number of benzene rings is 4. The summed E-state index contributed by atoms with van der Waals surface area (Å²) < 4.78 is 1.42. The first-order valence-corrected chi connectivity index (χ1v) is 15.4. The van der Waals surface area contributed by atoms with Gasteiger partial charge in [-0.25, -0.2) is 12.2 Å². The summed E-state index contributed by atoms with van der Waals surface area (Å²) in [5.41, 5.74) is 11.4. The first kappa shape index (κ1) is 35.9. The van der Waals surface area contributed by atoms with Gasteiger partial charge in [0, 0.05) is 0 Å². The van der Waals surface area contributed by atoms with Crippen molar-refractivity contribution in [3.05, 3.63) is 155 Å². The second-order valence-electron chi connectivity index (χ2n) is 12.4. The Kier molecular flexibility index (Phi) is 13.6. The second-order valence-corrected chi connectivity index (χ2v) is 13.7. The van der Waals surface area contributed by atoms with Crippen molar-refractivity contribution in [3.8, 4) is 11.1 Å². The van der Waals surface area contributed by atoms with E-state index >= 15 is 0 Å². The van der Waals surface area contributed by atoms with E-state index in [1.807, 2.05) is 12.2 Å². The number of allylic oxidation sites excluding steroid dienone is 4. The Labute approximate surface area is 281 Å². The molecule has 2 aliphatic rings. The molecule has 0 nitrogen and oxygen atoms in total. The molecule has 0 saturated heterocycles. The summed E-state index contributed by atoms with van der Waals surface area (Å²) in [6.45, 7) is 13.6. The molecule has 0 atom stereocenters. The molecule has 3 heteroatoms. The topological polar surface area (TPSA) is 0 Å². The van der Waals surface area contributed by atoms with E-state index in [1.165, 1.54) is 71.9 Å². The molecule has 0 bridgehead atoms. The molecule has 0 aromatic heterocycles. The fourth-order valence-corrected chi connectivity index (χ4v) is 5.52. The summed E-state index contributed by atoms with van der Waals surface area (Å²) in [4.78, 5) is 0. The molecule has 0 aliphatic heterocycles. The van der Waals surface area contributed by atoms with Crippen LogP contribution in [0.4, 0.5) is 0 Å². The van der Waals surface area contributed by atoms with Gasteiger partial charge >= 0.3 is 99.2 Å². The van der Waals surface area contributed by atoms with E-state index in [4.69, 9.17) is 0 Å². The Morgan fingerprint density at radius 3 is 1.69 bits per heavy atom. The van der Waals surface area contributed by atoms with Crippen LogP contribution in [0.5, 0.6) is 0 Å². The maximum absolute atomic E-state index is 3.53. The van der Waals surface area contributed by atoms with Gasteiger partial charge in [-0.15, -0.1) is 36.8 Å². The maximum atomic E-state index is 3.53. The number of hydrogen-bond acceptors (Lipinski definition) is 0. The van der Waals surface area contributed by atoms with Gasteiger partial charge in [0.05, 0.1) is 0 Å². The van der Waals surface area contributed by atoms with Crippen molar-refractivity contribution in [2.75, 3.05) is 0 Å². The van der Waals surface area contributed by atoms with Gasteiger partial charge in [0.25, 0.3) is 0 Å². The van der Waals surface area contributed by atoms with Crippen molar-refractivity contribution >= 4 is 28.0 Å². The van der Waals surface area contributed by atoms with Crippen LogP contribution < -0.4 is 0 Å². The molecule has 0 radical (unpaired) electrons. The van der Waals surface area contributed by atoms with Crippen molar-refractivity contribution in [2.24, 2.45) is 0 Å². The molecule has 0 fully saturated rings. The zero-order valence-corrected chi connectivity index (χ0v) is 29.7. The Bertz CT molecular complexity index is 1390. The third-order valence-electron chi connectivity index (χ3n) is 7.24. The van der Waals surface area contributed by atoms with Crippen molar-refractivity contribution in [2.45, 2.75) is 65.2 Å². The third-order valence-corrected chi connectivity index (χ3v) is 8.66. The average Bonchev–Trinajstić information content (AvgIpc) is 3.64. The van der Waals surface area contributed by atoms with Crippen LogP contribution in [0.15, 0.2) is 109 Å². The fraction of sp³-hybridized carbons (Fsp3) is 0.256. The molecule has 4 aromatic rings. The predicted molar refractivity (Wildman–Crippen MR) is 183 cm³/mol. The van der Waals surface area contributed by atoms with Crippen molar-refractivity contribution in [1.82, 2.24) is 0 Å². The summed E-state index contributed by atoms with van der Waals surface area (Å²) in [7, 11) is 0. The van der Waals surface area contributed by atoms with E-state index in [0.29, 0.717) is 0 Å². The molecule has 4 aromatic carbocycles. The first-order chi connectivity index (χ1) is 19.0. The molecule has 6 rings (SSSR count). The second kappa shape index (κ2) is 16.0. The van der Waals surface area contributed by atoms with E-state index in [-0.39, 0.29) is 35.6 Å². The number of fused-ring (bicyclic) bond motifs is 3. The minimum atomic E-state index is 0. The van der Waals surface area contributed by atoms with Crippen molar-refractivity contribution < 1.29 is 24.2 Å². The monoisotopic (exact) mass is 670 g/mol. The van der Waals surface area contributed by atoms with Crippen LogP contribution in [-0.4, -0.2) is 3.21 Å². The Morgan fingerprint density at radius 2 is 1.24 bits per heavy atom. The molecule has 2 aliphatic carbocycles. The van der Waals surface area contributed by atoms with Gasteiger partial charge in [-0.3, -0.25) is 6.08 Å². The van der Waals surface area contributed by atoms with E-state index < -0.39 is 0 Å². The summed E-state index contributed by atoms with van der Waals surface area (Å²) in [5, 5.41) is 0. The van der Waals surface area contributed by atoms with Gasteiger partial charge in [-0.1, -0.05) is 76.3 Å². The first-order valence-electron chi connectivity index (χ1n) is 14.1. The zero-order valence-electron chi connectivity index (χ0n) is 25.6. The Hall–Kier alpha value is -2.31. The molecule has 0 heterocycles. The standard InChI is InChI=1S/C21H25.C13H10.C5H5.2ClH.Zr/c1-20(2,3)16-9-7-14-11-15-8-10-17(21(4,5)6)13-19(15)18(14)12-16;1-3-7-12(8-4-1)11-13-9-5-2-6-10-13;1-2-4-5-3-1;;;/h7,9-10,12-13H,11H2,1-6H3;1-10H;1-3H,4H2;2*1H;/q-1;;-1;;;+2. The van der Waals surface area contributed by atoms with Crippen molar-refractivity contribution in [1.29, 1.82) is 0 Å². The number of halogens is 2. The van der Waals surface area contributed by atoms with Crippen LogP contribution in [0.1, 0.15) is 81.3 Å². The van der Waals surface area contributed by atoms with Gasteiger partial charge < -0.3 is 0 Å². The fourth-order valence-electron chi connectivity index (χ4n) is 4.70. The van der Waals surface area contributed by atoms with Gasteiger partial charge in [0.1, 0.15) is 0 Å². The van der Waals surface area contributed by atoms with Crippen LogP contribution in [0, 0.1) is 12.1 Å². The molecular formula is C39H42Cl2Zr. The Morgan fingerprint density at radius 1 is 0.690 bits per heavy atom. The minimum absolute atomic E-state index is 0. The molecule has 0 amide bonds. The molecule has 0 spiro atoms. The van der Waals surface area contributed by atoms with Gasteiger partial charge in [-0.05, 0) is 17.4 Å². The van der Waals surface area contributed by atoms with Crippen LogP contribution in [0.25, 0.3) is 11.1 Å². The summed E-state index contributed by atoms with van der Waals surface area (Å²) in [5.74, 6) is 0. The van der Waals surface area contributed by atoms with Crippen molar-refractivity contribution in [3.63, 3.8) is 0 Å². The number of hydrogen-bond donors (Lipinski definition) is 0. The molecule has 42 heavy (non-hydrogen) atoms. The SMILES string of the molecule is CC(C)(C)c1c[c-]c2c(c1)-c1cc(C(C)(C)C)ccc1C2.Cl.Cl.[C-]1=CC=CC1.[Zr+2]=[C](c1ccccc1)c1ccccc1. The summed E-state index contributed by atoms with van der Waals surface area (Å²) >= 11 is 1.46. The molecule has 0 unspecified atom stereocenters. The normalized spacial score (nSPS) is 12.4. The van der Waals surface area contributed by atoms with Gasteiger partial charge in [0.15, 0.2) is 0 Å². The number of rotatable bonds is 2. The Balaban J connectivity index is 0.000000253. The van der Waals surface area contributed by atoms with Crippen LogP contribution >= 0.6 is 24.8 Å². The summed E-state index contributed by atoms with van der Waals surface area (Å²) in [6, 6.07) is 36.2. The van der Waals surface area contributed by atoms with Gasteiger partial charge in [0.2, 0.25) is 0 Å². The molecular weight excluding hydrogens is 631 g/mol. The van der Waals surface area contributed by atoms with E-state index in [0.717, 1.165) is 12.8 Å². The quantitative estimate of drug-likeness (QED) is 0.164. The van der Waals surface area contributed by atoms with Crippen LogP contribution in [0.2, 0.25) is 0 Å². The molecule has 216 valence electrons. The third kappa shape index (κ3) is 9.60. The van der Waals surface area contributed by atoms with E-state index in [2.05, 4.69) is 151 Å². The average molecular weight is 673 g/mol. The van der Waals surface area contributed by atoms with E-state index in [9.17, 15) is 0 Å². The van der Waals surface area contributed by atoms with E-state index in [1.54, 1.807) is 0 Å². The molecule has 0 N–H and O–H groups in total. The zero-order chi connectivity index (χ0) is 28.8.